The lowest BCUT2D eigenvalue weighted by Crippen LogP contribution is -2.46. The molecule has 62 heavy (non-hydrogen) atoms. The van der Waals surface area contributed by atoms with Crippen molar-refractivity contribution in [2.45, 2.75) is 76.6 Å². The van der Waals surface area contributed by atoms with Crippen molar-refractivity contribution in [3.8, 4) is 0 Å². The molecule has 14 N–H and O–H groups in total. The van der Waals surface area contributed by atoms with Crippen molar-refractivity contribution in [2.75, 3.05) is 51.0 Å². The number of phosphoric acid groups is 3. The van der Waals surface area contributed by atoms with Gasteiger partial charge in [-0.25, -0.2) is 28.6 Å². The van der Waals surface area contributed by atoms with E-state index in [0.29, 0.717) is 25.1 Å². The Labute approximate surface area is 357 Å². The van der Waals surface area contributed by atoms with Gasteiger partial charge in [0.25, 0.3) is 0 Å². The van der Waals surface area contributed by atoms with E-state index < -0.39 is 90.6 Å². The molecular weight excluding hydrogens is 923 g/mol. The summed E-state index contributed by atoms with van der Waals surface area (Å²) < 4.78 is 61.7. The number of aliphatic hydroxyl groups excluding tert-OH is 4. The number of phosphoric ester groups is 3. The van der Waals surface area contributed by atoms with Crippen LogP contribution in [-0.4, -0.2) is 163 Å². The van der Waals surface area contributed by atoms with Crippen LogP contribution in [-0.2, 0) is 55.5 Å². The van der Waals surface area contributed by atoms with Crippen LogP contribution in [0.15, 0.2) is 12.7 Å². The standard InChI is InChI=1S/C21H36N7O16P3S.2C4H8O3/c1-21(2,16(31)19(32)24-4-3-12(29)23-5-6-48)8-41-47(38,39)44-46(36,37)40-7-11-15(43-45(33,34)35)14(30)20(42-11)28-10-27-13-17(22)25-9-26-18(13)28;2*5-3-1-2-4(6)7/h9-11,14-16,20,30-31,48H,3-8H2,1-2H3,(H,23,29)(H,24,32)(H,36,37)(H,38,39)(H2,22,25,26)(H2,33,34,35);2*5H,1-3H2,(H,6,7)/t11-,14-,15-,16+,20-;;/m1../s1. The number of carboxylic acids is 2. The van der Waals surface area contributed by atoms with Gasteiger partial charge in [0.2, 0.25) is 11.8 Å². The first-order chi connectivity index (χ1) is 28.7. The van der Waals surface area contributed by atoms with E-state index in [4.69, 9.17) is 39.9 Å². The molecule has 1 saturated heterocycles. The molecule has 1 aliphatic heterocycles. The number of ether oxygens (including phenoxy) is 1. The second-order valence-electron chi connectivity index (χ2n) is 13.2. The fraction of sp³-hybridized carbons (Fsp3) is 0.690. The van der Waals surface area contributed by atoms with Gasteiger partial charge in [0.1, 0.15) is 36.3 Å². The monoisotopic (exact) mass is 975 g/mol. The first-order valence-electron chi connectivity index (χ1n) is 17.9. The number of amides is 2. The minimum Gasteiger partial charge on any atom is -0.481 e. The Bertz CT molecular complexity index is 1890. The van der Waals surface area contributed by atoms with Crippen LogP contribution in [0.1, 0.15) is 52.2 Å². The molecule has 0 aromatic carbocycles. The average Bonchev–Trinajstić information content (AvgIpc) is 3.73. The molecule has 0 radical (unpaired) electrons. The first kappa shape index (κ1) is 56.8. The molecule has 2 aromatic heterocycles. The average molecular weight is 976 g/mol. The van der Waals surface area contributed by atoms with Crippen molar-refractivity contribution in [3.05, 3.63) is 12.7 Å². The molecule has 0 aliphatic carbocycles. The Morgan fingerprint density at radius 1 is 0.935 bits per heavy atom. The number of imidazole rings is 1. The topological polar surface area (TPSA) is 462 Å². The summed E-state index contributed by atoms with van der Waals surface area (Å²) in [6.45, 7) is 0.653. The zero-order valence-corrected chi connectivity index (χ0v) is 36.6. The number of anilines is 1. The fourth-order valence-electron chi connectivity index (χ4n) is 4.60. The molecule has 0 spiro atoms. The highest BCUT2D eigenvalue weighted by Gasteiger charge is 2.50. The number of carbonyl (C=O) groups excluding carboxylic acids is 2. The minimum atomic E-state index is -5.54. The van der Waals surface area contributed by atoms with Gasteiger partial charge in [0.05, 0.1) is 19.5 Å². The van der Waals surface area contributed by atoms with Crippen molar-refractivity contribution in [1.29, 1.82) is 0 Å². The van der Waals surface area contributed by atoms with Crippen LogP contribution >= 0.6 is 36.1 Å². The first-order valence-corrected chi connectivity index (χ1v) is 23.0. The molecule has 0 bridgehead atoms. The Kier molecular flexibility index (Phi) is 24.3. The van der Waals surface area contributed by atoms with Crippen molar-refractivity contribution in [2.24, 2.45) is 5.41 Å². The van der Waals surface area contributed by atoms with Crippen LogP contribution in [0.3, 0.4) is 0 Å². The number of aliphatic hydroxyl groups is 4. The SMILES string of the molecule is CC(C)(COP(=O)(O)OP(=O)(O)OC[C@H]1O[C@@H](n2cnc3c(N)ncnc32)[C@H](O)[C@@H]1OP(=O)(O)O)[C@@H](O)C(=O)NCCC(=O)NCCS.O=C(O)CCCO.O=C(O)CCCO. The van der Waals surface area contributed by atoms with Crippen LogP contribution in [0.25, 0.3) is 11.2 Å². The lowest BCUT2D eigenvalue weighted by atomic mass is 9.87. The van der Waals surface area contributed by atoms with Gasteiger partial charge in [0.15, 0.2) is 17.7 Å². The molecule has 2 unspecified atom stereocenters. The molecule has 0 saturated carbocycles. The Hall–Kier alpha value is -3.25. The fourth-order valence-corrected chi connectivity index (χ4v) is 7.54. The molecule has 7 atom stereocenters. The molecule has 33 heteroatoms. The summed E-state index contributed by atoms with van der Waals surface area (Å²) in [5, 5.41) is 58.1. The Balaban J connectivity index is 0.00000117. The maximum atomic E-state index is 12.6. The second kappa shape index (κ2) is 26.5. The number of aliphatic carboxylic acids is 2. The van der Waals surface area contributed by atoms with Crippen LogP contribution in [0.5, 0.6) is 0 Å². The zero-order chi connectivity index (χ0) is 47.5. The molecule has 29 nitrogen and oxygen atoms in total. The summed E-state index contributed by atoms with van der Waals surface area (Å²) in [4.78, 5) is 93.9. The minimum absolute atomic E-state index is 0.0354. The number of thiol groups is 1. The van der Waals surface area contributed by atoms with Gasteiger partial charge in [-0.05, 0) is 12.8 Å². The molecule has 356 valence electrons. The molecule has 2 amide bonds. The summed E-state index contributed by atoms with van der Waals surface area (Å²) in [6, 6.07) is 0. The summed E-state index contributed by atoms with van der Waals surface area (Å²) in [7, 11) is -16.3. The van der Waals surface area contributed by atoms with E-state index >= 15 is 0 Å². The number of hydrogen-bond donors (Lipinski definition) is 14. The van der Waals surface area contributed by atoms with Gasteiger partial charge in [-0.1, -0.05) is 13.8 Å². The molecule has 3 heterocycles. The van der Waals surface area contributed by atoms with Crippen molar-refractivity contribution >= 4 is 76.8 Å². The van der Waals surface area contributed by atoms with Crippen molar-refractivity contribution < 1.29 is 106 Å². The highest BCUT2D eigenvalue weighted by molar-refractivity contribution is 7.80. The number of nitrogens with zero attached hydrogens (tertiary/aromatic N) is 4. The van der Waals surface area contributed by atoms with E-state index in [-0.39, 0.29) is 61.9 Å². The van der Waals surface area contributed by atoms with Gasteiger partial charge in [-0.3, -0.25) is 37.3 Å². The van der Waals surface area contributed by atoms with Gasteiger partial charge in [-0.2, -0.15) is 16.9 Å². The molecule has 1 fully saturated rings. The smallest absolute Gasteiger partial charge is 0.481 e. The van der Waals surface area contributed by atoms with E-state index in [1.54, 1.807) is 0 Å². The zero-order valence-electron chi connectivity index (χ0n) is 33.1. The Morgan fingerprint density at radius 2 is 1.52 bits per heavy atom. The van der Waals surface area contributed by atoms with Gasteiger partial charge >= 0.3 is 35.4 Å². The molecular formula is C29H52N7O22P3S. The number of aromatic nitrogens is 4. The van der Waals surface area contributed by atoms with Crippen LogP contribution in [0, 0.1) is 5.41 Å². The normalized spacial score (nSPS) is 20.0. The van der Waals surface area contributed by atoms with E-state index in [1.165, 1.54) is 13.8 Å². The Morgan fingerprint density at radius 3 is 2.03 bits per heavy atom. The van der Waals surface area contributed by atoms with Crippen LogP contribution in [0.2, 0.25) is 0 Å². The summed E-state index contributed by atoms with van der Waals surface area (Å²) in [5.41, 5.74) is 4.30. The molecule has 1 aliphatic rings. The summed E-state index contributed by atoms with van der Waals surface area (Å²) in [6.07, 6.45) is -5.89. The third-order valence-corrected chi connectivity index (χ3v) is 10.9. The third kappa shape index (κ3) is 21.0. The highest BCUT2D eigenvalue weighted by Crippen LogP contribution is 2.61. The summed E-state index contributed by atoms with van der Waals surface area (Å²) >= 11 is 3.95. The van der Waals surface area contributed by atoms with Gasteiger partial charge in [-0.15, -0.1) is 0 Å². The van der Waals surface area contributed by atoms with E-state index in [0.717, 1.165) is 17.2 Å². The number of rotatable bonds is 24. The number of nitrogen functional groups attached to an aromatic ring is 1. The van der Waals surface area contributed by atoms with Gasteiger partial charge < -0.3 is 71.3 Å². The van der Waals surface area contributed by atoms with Crippen molar-refractivity contribution in [1.82, 2.24) is 30.2 Å². The van der Waals surface area contributed by atoms with Gasteiger partial charge in [0, 0.05) is 56.7 Å². The van der Waals surface area contributed by atoms with E-state index in [2.05, 4.69) is 47.0 Å². The largest absolute Gasteiger partial charge is 0.481 e. The third-order valence-electron chi connectivity index (χ3n) is 7.61. The predicted octanol–water partition coefficient (Wildman–Crippen LogP) is -1.98. The van der Waals surface area contributed by atoms with Crippen LogP contribution in [0.4, 0.5) is 5.82 Å². The highest BCUT2D eigenvalue weighted by atomic mass is 32.1. The van der Waals surface area contributed by atoms with Crippen LogP contribution < -0.4 is 16.4 Å². The van der Waals surface area contributed by atoms with E-state index in [9.17, 15) is 62.7 Å². The number of carboxylic acid groups (broad SMARTS) is 2. The number of fused-ring (bicyclic) bond motifs is 1. The van der Waals surface area contributed by atoms with Crippen molar-refractivity contribution in [3.63, 3.8) is 0 Å². The number of carbonyl (C=O) groups is 4. The quantitative estimate of drug-likeness (QED) is 0.0400. The lowest BCUT2D eigenvalue weighted by molar-refractivity contribution is -0.138. The molecule has 3 rings (SSSR count). The second-order valence-corrected chi connectivity index (χ2v) is 17.9. The summed E-state index contributed by atoms with van der Waals surface area (Å²) in [5.74, 6) is -2.65. The predicted molar refractivity (Wildman–Crippen MR) is 211 cm³/mol. The van der Waals surface area contributed by atoms with E-state index in [1.807, 2.05) is 0 Å². The molecule has 2 aromatic rings. The lowest BCUT2D eigenvalue weighted by Gasteiger charge is -2.30. The number of nitrogens with one attached hydrogen (secondary N) is 2. The number of hydrogen-bond acceptors (Lipinski definition) is 21. The number of nitrogens with two attached hydrogens (primary N) is 1. The maximum Gasteiger partial charge on any atom is 0.481 e. The maximum absolute atomic E-state index is 12.6.